The highest BCUT2D eigenvalue weighted by molar-refractivity contribution is 6.02. The zero-order valence-electron chi connectivity index (χ0n) is 16.4. The fourth-order valence-electron chi connectivity index (χ4n) is 4.31. The summed E-state index contributed by atoms with van der Waals surface area (Å²) in [5.74, 6) is -3.84. The summed E-state index contributed by atoms with van der Waals surface area (Å²) < 4.78 is 0. The maximum atomic E-state index is 12.6. The van der Waals surface area contributed by atoms with Crippen molar-refractivity contribution >= 4 is 17.3 Å². The van der Waals surface area contributed by atoms with Crippen LogP contribution in [0.15, 0.2) is 18.2 Å². The Balaban J connectivity index is 2.39. The molecule has 29 heavy (non-hydrogen) atoms. The smallest absolute Gasteiger partial charge is 0.167 e. The summed E-state index contributed by atoms with van der Waals surface area (Å²) in [6, 6.07) is 4.25. The van der Waals surface area contributed by atoms with E-state index in [0.717, 1.165) is 0 Å². The molecule has 1 aromatic rings. The Hall–Kier alpha value is -2.13. The Morgan fingerprint density at radius 2 is 1.93 bits per heavy atom. The van der Waals surface area contributed by atoms with Crippen LogP contribution in [0.2, 0.25) is 0 Å². The summed E-state index contributed by atoms with van der Waals surface area (Å²) in [5, 5.41) is 50.4. The van der Waals surface area contributed by atoms with Crippen LogP contribution in [0.5, 0.6) is 5.75 Å². The Labute approximate surface area is 168 Å². The molecule has 0 fully saturated rings. The third-order valence-corrected chi connectivity index (χ3v) is 5.83. The van der Waals surface area contributed by atoms with E-state index < -0.39 is 48.1 Å². The van der Waals surface area contributed by atoms with Gasteiger partial charge in [-0.15, -0.1) is 0 Å². The topological polar surface area (TPSA) is 152 Å². The van der Waals surface area contributed by atoms with Gasteiger partial charge >= 0.3 is 0 Å². The van der Waals surface area contributed by atoms with E-state index in [2.05, 4.69) is 0 Å². The molecule has 8 heteroatoms. The van der Waals surface area contributed by atoms with Gasteiger partial charge in [0, 0.05) is 30.4 Å². The molecule has 0 spiro atoms. The van der Waals surface area contributed by atoms with Crippen LogP contribution in [0.25, 0.3) is 0 Å². The van der Waals surface area contributed by atoms with Crippen LogP contribution in [0, 0.1) is 17.8 Å². The van der Waals surface area contributed by atoms with Crippen molar-refractivity contribution in [3.05, 3.63) is 29.3 Å². The van der Waals surface area contributed by atoms with Crippen LogP contribution in [0.4, 0.5) is 0 Å². The number of aromatic hydroxyl groups is 1. The Morgan fingerprint density at radius 1 is 1.24 bits per heavy atom. The molecule has 4 atom stereocenters. The second-order valence-corrected chi connectivity index (χ2v) is 7.75. The summed E-state index contributed by atoms with van der Waals surface area (Å²) in [7, 11) is 0. The molecular weight excluding hydrogens is 380 g/mol. The molecule has 0 saturated heterocycles. The molecule has 0 aromatic heterocycles. The highest BCUT2D eigenvalue weighted by Crippen LogP contribution is 2.46. The van der Waals surface area contributed by atoms with Gasteiger partial charge in [0.25, 0.3) is 0 Å². The molecular formula is C21H28O8. The summed E-state index contributed by atoms with van der Waals surface area (Å²) in [6.07, 6.45) is -0.346. The zero-order chi connectivity index (χ0) is 21.8. The van der Waals surface area contributed by atoms with E-state index in [1.54, 1.807) is 0 Å². The van der Waals surface area contributed by atoms with Crippen LogP contribution < -0.4 is 0 Å². The first-order valence-corrected chi connectivity index (χ1v) is 9.62. The number of hydrogen-bond acceptors (Lipinski definition) is 8. The average Bonchev–Trinajstić information content (AvgIpc) is 2.65. The number of aliphatic hydroxyl groups is 4. The number of phenols is 1. The van der Waals surface area contributed by atoms with Gasteiger partial charge in [-0.2, -0.15) is 0 Å². The fraction of sp³-hybridized carbons (Fsp3) is 0.571. The Bertz CT molecular complexity index is 774. The van der Waals surface area contributed by atoms with Crippen molar-refractivity contribution in [2.24, 2.45) is 17.8 Å². The van der Waals surface area contributed by atoms with E-state index >= 15 is 0 Å². The molecule has 0 radical (unpaired) electrons. The lowest BCUT2D eigenvalue weighted by molar-refractivity contribution is -0.132. The van der Waals surface area contributed by atoms with Gasteiger partial charge in [-0.3, -0.25) is 14.4 Å². The monoisotopic (exact) mass is 408 g/mol. The molecule has 0 bridgehead atoms. The molecule has 2 rings (SSSR count). The van der Waals surface area contributed by atoms with E-state index in [1.807, 2.05) is 0 Å². The van der Waals surface area contributed by atoms with Crippen molar-refractivity contribution in [2.75, 3.05) is 19.8 Å². The largest absolute Gasteiger partial charge is 0.507 e. The van der Waals surface area contributed by atoms with E-state index in [1.165, 1.54) is 25.1 Å². The maximum absolute atomic E-state index is 12.6. The van der Waals surface area contributed by atoms with Gasteiger partial charge in [0.1, 0.15) is 22.9 Å². The first-order chi connectivity index (χ1) is 13.7. The number of benzene rings is 1. The van der Waals surface area contributed by atoms with Crippen LogP contribution in [-0.2, 0) is 15.2 Å². The summed E-state index contributed by atoms with van der Waals surface area (Å²) in [6.45, 7) is -0.268. The number of hydrogen-bond donors (Lipinski definition) is 5. The zero-order valence-corrected chi connectivity index (χ0v) is 16.4. The quantitative estimate of drug-likeness (QED) is 0.347. The molecule has 1 aliphatic carbocycles. The van der Waals surface area contributed by atoms with Crippen molar-refractivity contribution < 1.29 is 39.9 Å². The van der Waals surface area contributed by atoms with E-state index in [0.29, 0.717) is 0 Å². The number of rotatable bonds is 10. The number of fused-ring (bicyclic) bond motifs is 1. The van der Waals surface area contributed by atoms with Crippen molar-refractivity contribution in [1.29, 1.82) is 0 Å². The highest BCUT2D eigenvalue weighted by Gasteiger charge is 2.47. The van der Waals surface area contributed by atoms with Crippen LogP contribution in [0.1, 0.15) is 48.5 Å². The minimum absolute atomic E-state index is 0.0367. The van der Waals surface area contributed by atoms with Gasteiger partial charge in [-0.25, -0.2) is 0 Å². The molecule has 0 amide bonds. The molecule has 0 saturated carbocycles. The highest BCUT2D eigenvalue weighted by atomic mass is 16.3. The number of aliphatic hydroxyl groups excluding tert-OH is 3. The molecule has 8 nitrogen and oxygen atoms in total. The lowest BCUT2D eigenvalue weighted by Gasteiger charge is -2.42. The van der Waals surface area contributed by atoms with Crippen LogP contribution in [-0.4, -0.2) is 62.7 Å². The lowest BCUT2D eigenvalue weighted by atomic mass is 9.66. The molecule has 4 unspecified atom stereocenters. The Morgan fingerprint density at radius 3 is 2.48 bits per heavy atom. The van der Waals surface area contributed by atoms with Gasteiger partial charge in [0.05, 0.1) is 25.2 Å². The van der Waals surface area contributed by atoms with Gasteiger partial charge < -0.3 is 25.5 Å². The SMILES string of the molecule is CC(=O)CC(=O)C(CO)C(CCO)CC1CC(=O)c2c(O)cccc2C1(O)CO. The van der Waals surface area contributed by atoms with Gasteiger partial charge in [0.2, 0.25) is 0 Å². The number of phenolic OH excluding ortho intramolecular Hbond substituents is 1. The summed E-state index contributed by atoms with van der Waals surface area (Å²) in [5.41, 5.74) is -1.76. The van der Waals surface area contributed by atoms with Gasteiger partial charge in [-0.1, -0.05) is 12.1 Å². The van der Waals surface area contributed by atoms with Crippen molar-refractivity contribution in [2.45, 2.75) is 38.2 Å². The summed E-state index contributed by atoms with van der Waals surface area (Å²) in [4.78, 5) is 36.3. The predicted molar refractivity (Wildman–Crippen MR) is 102 cm³/mol. The fourth-order valence-corrected chi connectivity index (χ4v) is 4.31. The van der Waals surface area contributed by atoms with Crippen LogP contribution in [0.3, 0.4) is 0 Å². The maximum Gasteiger partial charge on any atom is 0.167 e. The minimum Gasteiger partial charge on any atom is -0.507 e. The molecule has 160 valence electrons. The molecule has 0 aliphatic heterocycles. The van der Waals surface area contributed by atoms with E-state index in [9.17, 15) is 39.9 Å². The van der Waals surface area contributed by atoms with Crippen LogP contribution >= 0.6 is 0 Å². The summed E-state index contributed by atoms with van der Waals surface area (Å²) >= 11 is 0. The normalized spacial score (nSPS) is 23.3. The molecule has 1 aliphatic rings. The van der Waals surface area contributed by atoms with Crippen molar-refractivity contribution in [3.8, 4) is 5.75 Å². The molecule has 5 N–H and O–H groups in total. The Kier molecular flexibility index (Phi) is 7.65. The third-order valence-electron chi connectivity index (χ3n) is 5.83. The number of carbonyl (C=O) groups is 3. The van der Waals surface area contributed by atoms with Crippen molar-refractivity contribution in [3.63, 3.8) is 0 Å². The van der Waals surface area contributed by atoms with E-state index in [-0.39, 0.29) is 54.9 Å². The molecule has 0 heterocycles. The second-order valence-electron chi connectivity index (χ2n) is 7.75. The second kappa shape index (κ2) is 9.58. The number of Topliss-reactive ketones (excluding diaryl/α,β-unsaturated/α-hetero) is 3. The first-order valence-electron chi connectivity index (χ1n) is 9.62. The lowest BCUT2D eigenvalue weighted by Crippen LogP contribution is -2.46. The number of ketones is 3. The predicted octanol–water partition coefficient (Wildman–Crippen LogP) is 0.320. The van der Waals surface area contributed by atoms with Gasteiger partial charge in [-0.05, 0) is 31.7 Å². The van der Waals surface area contributed by atoms with Crippen molar-refractivity contribution in [1.82, 2.24) is 0 Å². The molecule has 1 aromatic carbocycles. The third kappa shape index (κ3) is 4.72. The van der Waals surface area contributed by atoms with E-state index in [4.69, 9.17) is 0 Å². The average molecular weight is 408 g/mol. The van der Waals surface area contributed by atoms with Gasteiger partial charge in [0.15, 0.2) is 5.78 Å². The number of carbonyl (C=O) groups excluding carboxylic acids is 3. The minimum atomic E-state index is -1.83. The first kappa shape index (κ1) is 23.2. The standard InChI is InChI=1S/C21H28O8/c1-12(25)7-18(27)15(10-23)13(5-6-22)8-14-9-19(28)20-16(21(14,29)11-24)3-2-4-17(20)26/h2-4,13-15,22-24,26,29H,5-11H2,1H3.